The maximum atomic E-state index is 11.0. The zero-order valence-corrected chi connectivity index (χ0v) is 9.70. The first kappa shape index (κ1) is 11.6. The Kier molecular flexibility index (Phi) is 3.10. The fourth-order valence-electron chi connectivity index (χ4n) is 1.77. The van der Waals surface area contributed by atoms with Gasteiger partial charge in [0.05, 0.1) is 0 Å². The van der Waals surface area contributed by atoms with Gasteiger partial charge in [-0.3, -0.25) is 9.59 Å². The monoisotopic (exact) mass is 235 g/mol. The Balaban J connectivity index is 2.39. The minimum Gasteiger partial charge on any atom is -0.423 e. The van der Waals surface area contributed by atoms with E-state index in [9.17, 15) is 9.59 Å². The lowest BCUT2D eigenvalue weighted by Gasteiger charge is -2.10. The van der Waals surface area contributed by atoms with E-state index in [1.807, 2.05) is 0 Å². The highest BCUT2D eigenvalue weighted by molar-refractivity contribution is 5.74. The molecule has 17 heavy (non-hydrogen) atoms. The van der Waals surface area contributed by atoms with Crippen molar-refractivity contribution in [1.82, 2.24) is 5.32 Å². The maximum absolute atomic E-state index is 11.0. The molecule has 5 heteroatoms. The van der Waals surface area contributed by atoms with Gasteiger partial charge in [0.15, 0.2) is 11.5 Å². The molecule has 1 N–H and O–H groups in total. The van der Waals surface area contributed by atoms with Crippen molar-refractivity contribution in [1.29, 1.82) is 0 Å². The van der Waals surface area contributed by atoms with Crippen LogP contribution in [0.5, 0.6) is 11.5 Å². The predicted octanol–water partition coefficient (Wildman–Crippen LogP) is 1.14. The molecule has 0 aromatic heterocycles. The molecule has 0 atom stereocenters. The fraction of sp³-hybridized carbons (Fsp3) is 0.333. The van der Waals surface area contributed by atoms with Gasteiger partial charge in [-0.2, -0.15) is 0 Å². The van der Waals surface area contributed by atoms with Gasteiger partial charge in [0.25, 0.3) is 0 Å². The minimum absolute atomic E-state index is 0.287. The summed E-state index contributed by atoms with van der Waals surface area (Å²) in [4.78, 5) is 21.9. The average Bonchev–Trinajstić information content (AvgIpc) is 2.63. The first-order valence-corrected chi connectivity index (χ1v) is 5.29. The van der Waals surface area contributed by atoms with Crippen molar-refractivity contribution in [2.45, 2.75) is 26.9 Å². The van der Waals surface area contributed by atoms with Crippen molar-refractivity contribution in [2.75, 3.05) is 0 Å². The Morgan fingerprint density at radius 1 is 1.00 bits per heavy atom. The van der Waals surface area contributed by atoms with E-state index < -0.39 is 11.9 Å². The number of hydrogen-bond donors (Lipinski definition) is 1. The normalized spacial score (nSPS) is 13.1. The molecule has 0 radical (unpaired) electrons. The number of rotatable bonds is 2. The number of benzene rings is 1. The molecular weight excluding hydrogens is 222 g/mol. The Morgan fingerprint density at radius 3 is 1.76 bits per heavy atom. The van der Waals surface area contributed by atoms with E-state index in [-0.39, 0.29) is 11.5 Å². The Hall–Kier alpha value is -1.88. The van der Waals surface area contributed by atoms with Crippen molar-refractivity contribution >= 4 is 11.9 Å². The summed E-state index contributed by atoms with van der Waals surface area (Å²) in [6.07, 6.45) is 0. The second-order valence-corrected chi connectivity index (χ2v) is 3.86. The van der Waals surface area contributed by atoms with Crippen LogP contribution in [0.15, 0.2) is 12.1 Å². The molecule has 0 amide bonds. The van der Waals surface area contributed by atoms with Crippen molar-refractivity contribution in [3.63, 3.8) is 0 Å². The molecule has 5 nitrogen and oxygen atoms in total. The largest absolute Gasteiger partial charge is 0.423 e. The lowest BCUT2D eigenvalue weighted by Crippen LogP contribution is -2.07. The van der Waals surface area contributed by atoms with Crippen LogP contribution in [0.2, 0.25) is 0 Å². The third kappa shape index (κ3) is 2.62. The lowest BCUT2D eigenvalue weighted by atomic mass is 10.1. The molecular formula is C12H13NO4. The quantitative estimate of drug-likeness (QED) is 0.615. The molecule has 90 valence electrons. The summed E-state index contributed by atoms with van der Waals surface area (Å²) in [6, 6.07) is 3.46. The minimum atomic E-state index is -0.440. The van der Waals surface area contributed by atoms with Crippen LogP contribution in [0.3, 0.4) is 0 Å². The van der Waals surface area contributed by atoms with Crippen LogP contribution < -0.4 is 14.8 Å². The van der Waals surface area contributed by atoms with Gasteiger partial charge in [-0.25, -0.2) is 0 Å². The van der Waals surface area contributed by atoms with E-state index in [2.05, 4.69) is 5.32 Å². The second kappa shape index (κ2) is 4.55. The topological polar surface area (TPSA) is 64.6 Å². The van der Waals surface area contributed by atoms with Crippen molar-refractivity contribution in [3.8, 4) is 11.5 Å². The second-order valence-electron chi connectivity index (χ2n) is 3.86. The van der Waals surface area contributed by atoms with E-state index >= 15 is 0 Å². The number of ether oxygens (including phenoxy) is 2. The van der Waals surface area contributed by atoms with Gasteiger partial charge >= 0.3 is 11.9 Å². The molecule has 1 aromatic rings. The van der Waals surface area contributed by atoms with Crippen LogP contribution in [-0.4, -0.2) is 11.9 Å². The number of nitrogens with one attached hydrogen (secondary N) is 1. The Bertz CT molecular complexity index is 439. The number of fused-ring (bicyclic) bond motifs is 1. The molecule has 1 aliphatic heterocycles. The summed E-state index contributed by atoms with van der Waals surface area (Å²) in [5.41, 5.74) is 2.11. The third-order valence-electron chi connectivity index (χ3n) is 2.40. The first-order valence-electron chi connectivity index (χ1n) is 5.29. The van der Waals surface area contributed by atoms with Crippen LogP contribution >= 0.6 is 0 Å². The average molecular weight is 235 g/mol. The molecule has 1 heterocycles. The van der Waals surface area contributed by atoms with Gasteiger partial charge in [0.1, 0.15) is 0 Å². The van der Waals surface area contributed by atoms with Gasteiger partial charge < -0.3 is 14.8 Å². The summed E-state index contributed by atoms with van der Waals surface area (Å²) >= 11 is 0. The number of esters is 2. The Morgan fingerprint density at radius 2 is 1.41 bits per heavy atom. The van der Waals surface area contributed by atoms with Gasteiger partial charge in [0, 0.05) is 26.9 Å². The highest BCUT2D eigenvalue weighted by atomic mass is 16.6. The smallest absolute Gasteiger partial charge is 0.308 e. The summed E-state index contributed by atoms with van der Waals surface area (Å²) in [5.74, 6) is -0.307. The molecule has 0 spiro atoms. The third-order valence-corrected chi connectivity index (χ3v) is 2.40. The lowest BCUT2D eigenvalue weighted by molar-refractivity contribution is -0.134. The zero-order valence-electron chi connectivity index (χ0n) is 9.70. The standard InChI is InChI=1S/C12H13NO4/c1-7(14)16-11-3-9-5-13-6-10(9)4-12(11)17-8(2)15/h3-4,13H,5-6H2,1-2H3. The van der Waals surface area contributed by atoms with Crippen LogP contribution in [0.1, 0.15) is 25.0 Å². The van der Waals surface area contributed by atoms with Crippen molar-refractivity contribution < 1.29 is 19.1 Å². The number of hydrogen-bond acceptors (Lipinski definition) is 5. The maximum Gasteiger partial charge on any atom is 0.308 e. The van der Waals surface area contributed by atoms with Crippen molar-refractivity contribution in [3.05, 3.63) is 23.3 Å². The molecule has 0 fully saturated rings. The SMILES string of the molecule is CC(=O)Oc1cc2c(cc1OC(C)=O)CNC2. The highest BCUT2D eigenvalue weighted by Crippen LogP contribution is 2.33. The van der Waals surface area contributed by atoms with E-state index in [1.54, 1.807) is 12.1 Å². The molecule has 0 unspecified atom stereocenters. The van der Waals surface area contributed by atoms with Crippen molar-refractivity contribution in [2.24, 2.45) is 0 Å². The molecule has 0 saturated carbocycles. The van der Waals surface area contributed by atoms with Gasteiger partial charge in [-0.1, -0.05) is 0 Å². The molecule has 2 rings (SSSR count). The van der Waals surface area contributed by atoms with Gasteiger partial charge in [0.2, 0.25) is 0 Å². The van der Waals surface area contributed by atoms with Crippen LogP contribution in [0, 0.1) is 0 Å². The zero-order chi connectivity index (χ0) is 12.4. The van der Waals surface area contributed by atoms with Crippen LogP contribution in [0.25, 0.3) is 0 Å². The fourth-order valence-corrected chi connectivity index (χ4v) is 1.77. The number of carbonyl (C=O) groups excluding carboxylic acids is 2. The molecule has 0 bridgehead atoms. The first-order chi connectivity index (χ1) is 8.06. The molecule has 0 aliphatic carbocycles. The summed E-state index contributed by atoms with van der Waals surface area (Å²) in [5, 5.41) is 3.17. The van der Waals surface area contributed by atoms with E-state index in [0.717, 1.165) is 24.2 Å². The highest BCUT2D eigenvalue weighted by Gasteiger charge is 2.18. The summed E-state index contributed by atoms with van der Waals surface area (Å²) in [7, 11) is 0. The summed E-state index contributed by atoms with van der Waals surface area (Å²) < 4.78 is 10.1. The van der Waals surface area contributed by atoms with E-state index in [0.29, 0.717) is 0 Å². The predicted molar refractivity (Wildman–Crippen MR) is 59.6 cm³/mol. The molecule has 1 aromatic carbocycles. The van der Waals surface area contributed by atoms with Gasteiger partial charge in [-0.15, -0.1) is 0 Å². The van der Waals surface area contributed by atoms with E-state index in [1.165, 1.54) is 13.8 Å². The molecule has 0 saturated heterocycles. The van der Waals surface area contributed by atoms with Crippen LogP contribution in [0.4, 0.5) is 0 Å². The van der Waals surface area contributed by atoms with E-state index in [4.69, 9.17) is 9.47 Å². The van der Waals surface area contributed by atoms with Gasteiger partial charge in [-0.05, 0) is 23.3 Å². The Labute approximate surface area is 98.7 Å². The summed E-state index contributed by atoms with van der Waals surface area (Å²) in [6.45, 7) is 4.07. The number of carbonyl (C=O) groups is 2. The molecule has 1 aliphatic rings. The van der Waals surface area contributed by atoms with Crippen LogP contribution in [-0.2, 0) is 22.7 Å².